The van der Waals surface area contributed by atoms with Crippen molar-refractivity contribution in [3.8, 4) is 22.3 Å². The van der Waals surface area contributed by atoms with E-state index >= 15 is 0 Å². The summed E-state index contributed by atoms with van der Waals surface area (Å²) in [5.41, 5.74) is 7.95. The van der Waals surface area contributed by atoms with E-state index < -0.39 is 0 Å². The molecule has 0 saturated carbocycles. The molecule has 0 aliphatic carbocycles. The molecule has 0 radical (unpaired) electrons. The fraction of sp³-hybridized carbons (Fsp3) is 0.0714. The highest BCUT2D eigenvalue weighted by molar-refractivity contribution is 5.87. The lowest BCUT2D eigenvalue weighted by Crippen LogP contribution is -2.00. The van der Waals surface area contributed by atoms with Crippen molar-refractivity contribution in [1.29, 1.82) is 0 Å². The minimum Gasteiger partial charge on any atom is -0.380 e. The first-order valence-electron chi connectivity index (χ1n) is 10.4. The Kier molecular flexibility index (Phi) is 5.16. The van der Waals surface area contributed by atoms with Crippen molar-refractivity contribution in [3.63, 3.8) is 0 Å². The third kappa shape index (κ3) is 4.31. The first kappa shape index (κ1) is 19.0. The van der Waals surface area contributed by atoms with Crippen LogP contribution in [0, 0.1) is 6.92 Å². The molecule has 2 aromatic heterocycles. The molecular weight excluding hydrogens is 378 g/mol. The lowest BCUT2D eigenvalue weighted by molar-refractivity contribution is 1.14. The average molecular weight is 402 g/mol. The molecule has 0 saturated heterocycles. The van der Waals surface area contributed by atoms with Gasteiger partial charge in [-0.2, -0.15) is 0 Å². The zero-order chi connectivity index (χ0) is 21.0. The van der Waals surface area contributed by atoms with Gasteiger partial charge in [-0.3, -0.25) is 9.97 Å². The van der Waals surface area contributed by atoms with Crippen LogP contribution < -0.4 is 5.32 Å². The maximum atomic E-state index is 4.45. The topological polar surface area (TPSA) is 37.8 Å². The molecule has 0 fully saturated rings. The van der Waals surface area contributed by atoms with Crippen molar-refractivity contribution in [2.45, 2.75) is 13.5 Å². The zero-order valence-electron chi connectivity index (χ0n) is 17.4. The Morgan fingerprint density at radius 3 is 2.29 bits per heavy atom. The van der Waals surface area contributed by atoms with Gasteiger partial charge in [-0.25, -0.2) is 0 Å². The minimum absolute atomic E-state index is 0.749. The molecule has 150 valence electrons. The predicted molar refractivity (Wildman–Crippen MR) is 129 cm³/mol. The second-order valence-electron chi connectivity index (χ2n) is 7.76. The number of aryl methyl sites for hydroxylation is 1. The van der Waals surface area contributed by atoms with E-state index in [0.29, 0.717) is 0 Å². The summed E-state index contributed by atoms with van der Waals surface area (Å²) in [6.45, 7) is 2.76. The first-order chi connectivity index (χ1) is 15.2. The summed E-state index contributed by atoms with van der Waals surface area (Å²) in [5, 5.41) is 5.99. The van der Waals surface area contributed by atoms with Gasteiger partial charge in [0.1, 0.15) is 0 Å². The number of pyridine rings is 2. The maximum Gasteiger partial charge on any atom is 0.0535 e. The molecule has 0 amide bonds. The Labute approximate surface area is 182 Å². The van der Waals surface area contributed by atoms with Gasteiger partial charge in [-0.15, -0.1) is 0 Å². The van der Waals surface area contributed by atoms with Gasteiger partial charge in [0.15, 0.2) is 0 Å². The van der Waals surface area contributed by atoms with Gasteiger partial charge in [0.25, 0.3) is 0 Å². The van der Waals surface area contributed by atoms with Crippen LogP contribution in [0.25, 0.3) is 33.0 Å². The van der Waals surface area contributed by atoms with Crippen molar-refractivity contribution >= 4 is 16.5 Å². The van der Waals surface area contributed by atoms with Crippen molar-refractivity contribution in [2.75, 3.05) is 5.32 Å². The van der Waals surface area contributed by atoms with Crippen LogP contribution in [-0.4, -0.2) is 9.97 Å². The first-order valence-corrected chi connectivity index (χ1v) is 10.4. The van der Waals surface area contributed by atoms with Crippen LogP contribution in [0.4, 0.5) is 5.69 Å². The van der Waals surface area contributed by atoms with Gasteiger partial charge in [-0.05, 0) is 64.2 Å². The minimum atomic E-state index is 0.749. The van der Waals surface area contributed by atoms with Crippen molar-refractivity contribution < 1.29 is 0 Å². The van der Waals surface area contributed by atoms with E-state index in [9.17, 15) is 0 Å². The molecule has 0 aliphatic rings. The summed E-state index contributed by atoms with van der Waals surface area (Å²) >= 11 is 0. The number of nitrogens with one attached hydrogen (secondary N) is 1. The number of benzene rings is 3. The molecular formula is C28H23N3. The number of nitrogens with zero attached hydrogens (tertiary/aromatic N) is 2. The maximum absolute atomic E-state index is 4.45. The van der Waals surface area contributed by atoms with Crippen LogP contribution in [0.3, 0.4) is 0 Å². The van der Waals surface area contributed by atoms with Crippen molar-refractivity contribution in [2.24, 2.45) is 0 Å². The number of aromatic nitrogens is 2. The van der Waals surface area contributed by atoms with E-state index in [4.69, 9.17) is 0 Å². The van der Waals surface area contributed by atoms with Gasteiger partial charge in [-0.1, -0.05) is 60.7 Å². The predicted octanol–water partition coefficient (Wildman–Crippen LogP) is 6.88. The smallest absolute Gasteiger partial charge is 0.0535 e. The molecule has 0 atom stereocenters. The molecule has 0 unspecified atom stereocenters. The summed E-state index contributed by atoms with van der Waals surface area (Å²) in [5.74, 6) is 0. The van der Waals surface area contributed by atoms with Crippen LogP contribution in [-0.2, 0) is 6.54 Å². The molecule has 31 heavy (non-hydrogen) atoms. The normalized spacial score (nSPS) is 10.9. The Morgan fingerprint density at radius 1 is 0.677 bits per heavy atom. The molecule has 0 aliphatic heterocycles. The number of hydrogen-bond donors (Lipinski definition) is 1. The van der Waals surface area contributed by atoms with Crippen LogP contribution in [0.15, 0.2) is 104 Å². The van der Waals surface area contributed by atoms with E-state index in [-0.39, 0.29) is 0 Å². The molecule has 3 heteroatoms. The molecule has 0 spiro atoms. The standard InChI is InChI=1S/C28H23N3/c1-20-14-26(12-13-30-20)23-8-6-21(7-9-23)17-31-28-16-27(18-29-19-28)25-11-10-22-4-2-3-5-24(22)15-25/h2-16,18-19,31H,17H2,1H3. The quantitative estimate of drug-likeness (QED) is 0.349. The van der Waals surface area contributed by atoms with E-state index in [0.717, 1.165) is 23.5 Å². The fourth-order valence-corrected chi connectivity index (χ4v) is 3.81. The lowest BCUT2D eigenvalue weighted by Gasteiger charge is -2.10. The number of anilines is 1. The van der Waals surface area contributed by atoms with Gasteiger partial charge in [0.2, 0.25) is 0 Å². The fourth-order valence-electron chi connectivity index (χ4n) is 3.81. The Balaban J connectivity index is 1.30. The highest BCUT2D eigenvalue weighted by Gasteiger charge is 2.03. The molecule has 5 rings (SSSR count). The third-order valence-corrected chi connectivity index (χ3v) is 5.50. The zero-order valence-corrected chi connectivity index (χ0v) is 17.4. The summed E-state index contributed by atoms with van der Waals surface area (Å²) in [7, 11) is 0. The largest absolute Gasteiger partial charge is 0.380 e. The van der Waals surface area contributed by atoms with Crippen molar-refractivity contribution in [1.82, 2.24) is 9.97 Å². The van der Waals surface area contributed by atoms with Crippen LogP contribution in [0.1, 0.15) is 11.3 Å². The highest BCUT2D eigenvalue weighted by Crippen LogP contribution is 2.26. The van der Waals surface area contributed by atoms with E-state index in [2.05, 4.69) is 94.1 Å². The second kappa shape index (κ2) is 8.41. The second-order valence-corrected chi connectivity index (χ2v) is 7.76. The monoisotopic (exact) mass is 401 g/mol. The van der Waals surface area contributed by atoms with Crippen LogP contribution in [0.5, 0.6) is 0 Å². The van der Waals surface area contributed by atoms with Gasteiger partial charge < -0.3 is 5.32 Å². The summed E-state index contributed by atoms with van der Waals surface area (Å²) in [4.78, 5) is 8.72. The molecule has 3 aromatic carbocycles. The molecule has 3 nitrogen and oxygen atoms in total. The summed E-state index contributed by atoms with van der Waals surface area (Å²) < 4.78 is 0. The van der Waals surface area contributed by atoms with Gasteiger partial charge in [0, 0.05) is 36.4 Å². The molecule has 2 heterocycles. The SMILES string of the molecule is Cc1cc(-c2ccc(CNc3cncc(-c4ccc5ccccc5c4)c3)cc2)ccn1. The van der Waals surface area contributed by atoms with Crippen LogP contribution in [0.2, 0.25) is 0 Å². The number of fused-ring (bicyclic) bond motifs is 1. The lowest BCUT2D eigenvalue weighted by atomic mass is 10.0. The van der Waals surface area contributed by atoms with Gasteiger partial charge in [0.05, 0.1) is 5.69 Å². The Morgan fingerprint density at radius 2 is 1.45 bits per heavy atom. The third-order valence-electron chi connectivity index (χ3n) is 5.50. The van der Waals surface area contributed by atoms with E-state index in [1.165, 1.54) is 33.0 Å². The Hall–Kier alpha value is -3.98. The Bertz CT molecular complexity index is 1340. The number of rotatable bonds is 5. The molecule has 1 N–H and O–H groups in total. The molecule has 0 bridgehead atoms. The highest BCUT2D eigenvalue weighted by atomic mass is 14.9. The van der Waals surface area contributed by atoms with Crippen LogP contribution >= 0.6 is 0 Å². The van der Waals surface area contributed by atoms with E-state index in [1.807, 2.05) is 31.6 Å². The summed E-state index contributed by atoms with van der Waals surface area (Å²) in [6, 6.07) is 29.9. The number of hydrogen-bond acceptors (Lipinski definition) is 3. The van der Waals surface area contributed by atoms with Crippen molar-refractivity contribution in [3.05, 3.63) is 115 Å². The molecule has 5 aromatic rings. The average Bonchev–Trinajstić information content (AvgIpc) is 2.83. The van der Waals surface area contributed by atoms with Gasteiger partial charge >= 0.3 is 0 Å². The summed E-state index contributed by atoms with van der Waals surface area (Å²) in [6.07, 6.45) is 5.65. The van der Waals surface area contributed by atoms with E-state index in [1.54, 1.807) is 0 Å².